The Morgan fingerprint density at radius 1 is 1.16 bits per heavy atom. The van der Waals surface area contributed by atoms with E-state index in [0.717, 1.165) is 51.4 Å². The Hall–Kier alpha value is -0.653. The van der Waals surface area contributed by atoms with Gasteiger partial charge < -0.3 is 14.3 Å². The molecule has 32 heavy (non-hydrogen) atoms. The van der Waals surface area contributed by atoms with Gasteiger partial charge in [0.1, 0.15) is 6.61 Å². The molecule has 0 spiro atoms. The lowest BCUT2D eigenvalue weighted by Crippen LogP contribution is -2.54. The van der Waals surface area contributed by atoms with E-state index in [-0.39, 0.29) is 34.0 Å². The van der Waals surface area contributed by atoms with Crippen LogP contribution in [0.1, 0.15) is 86.0 Å². The molecule has 4 nitrogen and oxygen atoms in total. The number of rotatable bonds is 4. The third kappa shape index (κ3) is 3.94. The highest BCUT2D eigenvalue weighted by Crippen LogP contribution is 2.65. The van der Waals surface area contributed by atoms with Crippen molar-refractivity contribution in [2.45, 2.75) is 116 Å². The number of ether oxygens (including phenoxy) is 1. The van der Waals surface area contributed by atoms with Gasteiger partial charge >= 0.3 is 5.97 Å². The van der Waals surface area contributed by atoms with Crippen molar-refractivity contribution in [2.75, 3.05) is 6.61 Å². The molecule has 0 radical (unpaired) electrons. The quantitative estimate of drug-likeness (QED) is 0.305. The third-order valence-electron chi connectivity index (χ3n) is 10.5. The molecule has 0 saturated heterocycles. The van der Waals surface area contributed by atoms with Crippen LogP contribution in [0.5, 0.6) is 0 Å². The number of allylic oxidation sites excluding steroid dienone is 1. The molecule has 0 aromatic rings. The van der Waals surface area contributed by atoms with Crippen LogP contribution in [0.2, 0.25) is 18.1 Å². The topological polar surface area (TPSA) is 55.8 Å². The zero-order chi connectivity index (χ0) is 23.5. The molecule has 0 aliphatic heterocycles. The summed E-state index contributed by atoms with van der Waals surface area (Å²) in [5.74, 6) is 1.57. The molecule has 4 aliphatic carbocycles. The minimum Gasteiger partial charge on any atom is -0.465 e. The van der Waals surface area contributed by atoms with Crippen molar-refractivity contribution in [1.82, 2.24) is 0 Å². The average molecular weight is 463 g/mol. The van der Waals surface area contributed by atoms with E-state index in [0.29, 0.717) is 24.4 Å². The number of fused-ring (bicyclic) bond motifs is 5. The maximum absolute atomic E-state index is 11.9. The number of hydrogen-bond acceptors (Lipinski definition) is 4. The Morgan fingerprint density at radius 2 is 1.88 bits per heavy atom. The number of hydrogen-bond donors (Lipinski definition) is 1. The smallest absolute Gasteiger partial charge is 0.302 e. The second-order valence-corrected chi connectivity index (χ2v) is 17.9. The highest BCUT2D eigenvalue weighted by atomic mass is 28.4. The Morgan fingerprint density at radius 3 is 2.53 bits per heavy atom. The third-order valence-corrected chi connectivity index (χ3v) is 15.1. The normalized spacial score (nSPS) is 41.9. The molecule has 182 valence electrons. The van der Waals surface area contributed by atoms with Gasteiger partial charge in [0.25, 0.3) is 0 Å². The minimum absolute atomic E-state index is 0.0310. The molecule has 3 saturated carbocycles. The summed E-state index contributed by atoms with van der Waals surface area (Å²) >= 11 is 0. The first-order valence-electron chi connectivity index (χ1n) is 13.0. The summed E-state index contributed by atoms with van der Waals surface area (Å²) in [5.41, 5.74) is 1.53. The van der Waals surface area contributed by atoms with Gasteiger partial charge in [0, 0.05) is 18.4 Å². The van der Waals surface area contributed by atoms with Gasteiger partial charge in [-0.15, -0.1) is 0 Å². The highest BCUT2D eigenvalue weighted by Gasteiger charge is 2.60. The van der Waals surface area contributed by atoms with Crippen molar-refractivity contribution in [3.05, 3.63) is 11.6 Å². The lowest BCUT2D eigenvalue weighted by atomic mass is 9.47. The number of esters is 1. The van der Waals surface area contributed by atoms with Gasteiger partial charge in [-0.05, 0) is 92.7 Å². The molecule has 0 bridgehead atoms. The summed E-state index contributed by atoms with van der Waals surface area (Å²) in [6.07, 6.45) is 11.2. The monoisotopic (exact) mass is 462 g/mol. The number of carbonyl (C=O) groups is 1. The average Bonchev–Trinajstić information content (AvgIpc) is 3.00. The molecule has 3 fully saturated rings. The zero-order valence-electron chi connectivity index (χ0n) is 21.5. The number of aliphatic hydroxyl groups is 1. The van der Waals surface area contributed by atoms with Crippen LogP contribution in [0.4, 0.5) is 0 Å². The Labute approximate surface area is 196 Å². The van der Waals surface area contributed by atoms with Crippen LogP contribution in [0.15, 0.2) is 11.6 Å². The van der Waals surface area contributed by atoms with Gasteiger partial charge in [-0.2, -0.15) is 0 Å². The van der Waals surface area contributed by atoms with E-state index in [2.05, 4.69) is 46.9 Å². The fraction of sp³-hybridized carbons (Fsp3) is 0.889. The molecule has 1 N–H and O–H groups in total. The molecule has 0 amide bonds. The second-order valence-electron chi connectivity index (χ2n) is 13.2. The molecular weight excluding hydrogens is 416 g/mol. The molecule has 0 heterocycles. The van der Waals surface area contributed by atoms with E-state index in [1.165, 1.54) is 12.5 Å². The van der Waals surface area contributed by atoms with Crippen molar-refractivity contribution in [3.63, 3.8) is 0 Å². The lowest BCUT2D eigenvalue weighted by molar-refractivity contribution is -0.150. The molecule has 7 atom stereocenters. The van der Waals surface area contributed by atoms with Crippen molar-refractivity contribution in [2.24, 2.45) is 28.6 Å². The van der Waals surface area contributed by atoms with E-state index >= 15 is 0 Å². The zero-order valence-corrected chi connectivity index (χ0v) is 22.5. The highest BCUT2D eigenvalue weighted by molar-refractivity contribution is 6.74. The summed E-state index contributed by atoms with van der Waals surface area (Å²) in [6, 6.07) is 0. The Bertz CT molecular complexity index is 768. The predicted molar refractivity (Wildman–Crippen MR) is 131 cm³/mol. The molecule has 5 heteroatoms. The van der Waals surface area contributed by atoms with E-state index in [9.17, 15) is 9.90 Å². The second kappa shape index (κ2) is 8.23. The largest absolute Gasteiger partial charge is 0.465 e. The van der Waals surface area contributed by atoms with Crippen molar-refractivity contribution in [1.29, 1.82) is 0 Å². The number of aliphatic hydroxyl groups excluding tert-OH is 1. The van der Waals surface area contributed by atoms with Crippen LogP contribution < -0.4 is 0 Å². The summed E-state index contributed by atoms with van der Waals surface area (Å²) in [7, 11) is -1.82. The van der Waals surface area contributed by atoms with Crippen LogP contribution >= 0.6 is 0 Å². The van der Waals surface area contributed by atoms with E-state index in [1.54, 1.807) is 0 Å². The van der Waals surface area contributed by atoms with Gasteiger partial charge in [0.15, 0.2) is 8.32 Å². The van der Waals surface area contributed by atoms with E-state index in [1.807, 2.05) is 0 Å². The van der Waals surface area contributed by atoms with Gasteiger partial charge in [-0.1, -0.05) is 39.3 Å². The molecule has 4 rings (SSSR count). The first kappa shape index (κ1) is 24.5. The van der Waals surface area contributed by atoms with Crippen LogP contribution in [0.25, 0.3) is 0 Å². The van der Waals surface area contributed by atoms with Crippen LogP contribution in [0.3, 0.4) is 0 Å². The molecule has 1 unspecified atom stereocenters. The van der Waals surface area contributed by atoms with E-state index < -0.39 is 8.32 Å². The summed E-state index contributed by atoms with van der Waals surface area (Å²) < 4.78 is 12.6. The number of carbonyl (C=O) groups excluding carboxylic acids is 1. The standard InChI is InChI=1S/C27H46O4Si/c1-18(28)30-17-27-15-12-20(31-32(6,7)25(2,3)4)16-19(27)8-9-21-22-10-11-24(29)26(22,5)14-13-23(21)27/h8,20-24,29H,9-17H2,1-7H3/t20?,21-,22-,23-,24-,26-,27+/m0/s1. The first-order valence-corrected chi connectivity index (χ1v) is 15.9. The van der Waals surface area contributed by atoms with Crippen molar-refractivity contribution >= 4 is 14.3 Å². The molecular formula is C27H46O4Si. The Kier molecular flexibility index (Phi) is 6.30. The fourth-order valence-corrected chi connectivity index (χ4v) is 8.98. The molecule has 0 aromatic carbocycles. The summed E-state index contributed by atoms with van der Waals surface area (Å²) in [6.45, 7) is 16.0. The van der Waals surface area contributed by atoms with E-state index in [4.69, 9.17) is 9.16 Å². The SMILES string of the molecule is CC(=O)OC[C@]12CCC(O[Si](C)(C)C(C)(C)C)CC1=CC[C@@H]1[C@@H]2CC[C@]2(C)[C@@H](O)CC[C@@H]12. The first-order chi connectivity index (χ1) is 14.8. The van der Waals surface area contributed by atoms with Crippen molar-refractivity contribution in [3.8, 4) is 0 Å². The Balaban J connectivity index is 1.61. The van der Waals surface area contributed by atoms with Crippen LogP contribution in [0, 0.1) is 28.6 Å². The van der Waals surface area contributed by atoms with Gasteiger partial charge in [-0.3, -0.25) is 4.79 Å². The van der Waals surface area contributed by atoms with Gasteiger partial charge in [0.05, 0.1) is 6.10 Å². The predicted octanol–water partition coefficient (Wildman–Crippen LogP) is 6.24. The molecule has 4 aliphatic rings. The van der Waals surface area contributed by atoms with Crippen LogP contribution in [-0.2, 0) is 14.0 Å². The lowest BCUT2D eigenvalue weighted by Gasteiger charge is -2.58. The van der Waals surface area contributed by atoms with Crippen molar-refractivity contribution < 1.29 is 19.1 Å². The maximum Gasteiger partial charge on any atom is 0.302 e. The van der Waals surface area contributed by atoms with Gasteiger partial charge in [-0.25, -0.2) is 0 Å². The summed E-state index contributed by atoms with van der Waals surface area (Å²) in [5, 5.41) is 11.0. The van der Waals surface area contributed by atoms with Crippen LogP contribution in [-0.4, -0.2) is 38.2 Å². The summed E-state index contributed by atoms with van der Waals surface area (Å²) in [4.78, 5) is 11.9. The van der Waals surface area contributed by atoms with Gasteiger partial charge in [0.2, 0.25) is 0 Å². The fourth-order valence-electron chi connectivity index (χ4n) is 7.59. The minimum atomic E-state index is -1.82. The molecule has 0 aromatic heterocycles. The maximum atomic E-state index is 11.9.